The lowest BCUT2D eigenvalue weighted by Gasteiger charge is -2.18. The second kappa shape index (κ2) is 6.00. The first-order valence-electron chi connectivity index (χ1n) is 5.69. The average Bonchev–Trinajstić information content (AvgIpc) is 2.28. The molecule has 1 aromatic heterocycles. The van der Waals surface area contributed by atoms with E-state index in [4.69, 9.17) is 11.5 Å². The van der Waals surface area contributed by atoms with Crippen molar-refractivity contribution < 1.29 is 9.59 Å². The maximum Gasteiger partial charge on any atom is 0.240 e. The van der Waals surface area contributed by atoms with Crippen LogP contribution in [-0.2, 0) is 16.0 Å². The summed E-state index contributed by atoms with van der Waals surface area (Å²) in [7, 11) is 0. The molecule has 0 aliphatic rings. The maximum absolute atomic E-state index is 11.7. The second-order valence-corrected chi connectivity index (χ2v) is 4.45. The highest BCUT2D eigenvalue weighted by Crippen LogP contribution is 2.04. The maximum atomic E-state index is 11.7. The fourth-order valence-electron chi connectivity index (χ4n) is 1.50. The standard InChI is InChI=1S/C12H18N4O2/c1-7(2)11(12(14)18)16-10(17)5-9-4-3-8(13)6-15-9/h3-4,6-7,11H,5,13H2,1-2H3,(H2,14,18)(H,16,17). The highest BCUT2D eigenvalue weighted by atomic mass is 16.2. The monoisotopic (exact) mass is 250 g/mol. The number of anilines is 1. The summed E-state index contributed by atoms with van der Waals surface area (Å²) in [6.45, 7) is 3.63. The van der Waals surface area contributed by atoms with Crippen molar-refractivity contribution in [1.82, 2.24) is 10.3 Å². The van der Waals surface area contributed by atoms with Crippen molar-refractivity contribution in [3.05, 3.63) is 24.0 Å². The molecule has 0 saturated carbocycles. The summed E-state index contributed by atoms with van der Waals surface area (Å²) in [5.74, 6) is -0.876. The van der Waals surface area contributed by atoms with Crippen molar-refractivity contribution >= 4 is 17.5 Å². The molecule has 5 N–H and O–H groups in total. The number of rotatable bonds is 5. The number of aromatic nitrogens is 1. The Morgan fingerprint density at radius 3 is 2.50 bits per heavy atom. The number of nitrogens with zero attached hydrogens (tertiary/aromatic N) is 1. The molecule has 18 heavy (non-hydrogen) atoms. The van der Waals surface area contributed by atoms with E-state index >= 15 is 0 Å². The van der Waals surface area contributed by atoms with E-state index in [1.54, 1.807) is 12.1 Å². The van der Waals surface area contributed by atoms with Gasteiger partial charge >= 0.3 is 0 Å². The normalized spacial score (nSPS) is 12.2. The van der Waals surface area contributed by atoms with E-state index in [9.17, 15) is 9.59 Å². The van der Waals surface area contributed by atoms with E-state index in [1.807, 2.05) is 13.8 Å². The minimum atomic E-state index is -0.661. The minimum Gasteiger partial charge on any atom is -0.397 e. The van der Waals surface area contributed by atoms with Crippen LogP contribution in [0.25, 0.3) is 0 Å². The predicted octanol–water partition coefficient (Wildman–Crippen LogP) is -0.168. The van der Waals surface area contributed by atoms with Gasteiger partial charge in [0.05, 0.1) is 18.3 Å². The summed E-state index contributed by atoms with van der Waals surface area (Å²) in [5.41, 5.74) is 11.8. The molecular formula is C12H18N4O2. The van der Waals surface area contributed by atoms with Gasteiger partial charge in [-0.05, 0) is 18.1 Å². The van der Waals surface area contributed by atoms with Gasteiger partial charge in [0, 0.05) is 5.69 Å². The average molecular weight is 250 g/mol. The molecule has 0 radical (unpaired) electrons. The molecular weight excluding hydrogens is 232 g/mol. The van der Waals surface area contributed by atoms with Gasteiger partial charge in [0.25, 0.3) is 0 Å². The molecule has 1 unspecified atom stereocenters. The van der Waals surface area contributed by atoms with Gasteiger partial charge in [-0.3, -0.25) is 14.6 Å². The molecule has 0 bridgehead atoms. The molecule has 0 fully saturated rings. The molecule has 0 saturated heterocycles. The number of carbonyl (C=O) groups excluding carboxylic acids is 2. The Balaban J connectivity index is 2.60. The first kappa shape index (κ1) is 14.0. The summed E-state index contributed by atoms with van der Waals surface area (Å²) in [4.78, 5) is 26.9. The Hall–Kier alpha value is -2.11. The molecule has 0 aromatic carbocycles. The summed E-state index contributed by atoms with van der Waals surface area (Å²) >= 11 is 0. The molecule has 6 nitrogen and oxygen atoms in total. The lowest BCUT2D eigenvalue weighted by molar-refractivity contribution is -0.128. The highest BCUT2D eigenvalue weighted by Gasteiger charge is 2.21. The summed E-state index contributed by atoms with van der Waals surface area (Å²) in [6, 6.07) is 2.68. The van der Waals surface area contributed by atoms with Crippen molar-refractivity contribution in [3.63, 3.8) is 0 Å². The van der Waals surface area contributed by atoms with Crippen molar-refractivity contribution in [2.24, 2.45) is 11.7 Å². The molecule has 1 aromatic rings. The minimum absolute atomic E-state index is 0.0502. The van der Waals surface area contributed by atoms with Crippen molar-refractivity contribution in [2.45, 2.75) is 26.3 Å². The van der Waals surface area contributed by atoms with Crippen molar-refractivity contribution in [2.75, 3.05) is 5.73 Å². The number of hydrogen-bond acceptors (Lipinski definition) is 4. The van der Waals surface area contributed by atoms with E-state index in [-0.39, 0.29) is 18.2 Å². The first-order chi connectivity index (χ1) is 8.40. The zero-order valence-corrected chi connectivity index (χ0v) is 10.5. The highest BCUT2D eigenvalue weighted by molar-refractivity contribution is 5.87. The molecule has 2 amide bonds. The summed E-state index contributed by atoms with van der Waals surface area (Å²) < 4.78 is 0. The lowest BCUT2D eigenvalue weighted by atomic mass is 10.0. The van der Waals surface area contributed by atoms with Crippen LogP contribution in [0.4, 0.5) is 5.69 Å². The number of nitrogens with two attached hydrogens (primary N) is 2. The van der Waals surface area contributed by atoms with Crippen LogP contribution in [-0.4, -0.2) is 22.8 Å². The summed E-state index contributed by atoms with van der Waals surface area (Å²) in [5, 5.41) is 2.59. The lowest BCUT2D eigenvalue weighted by Crippen LogP contribution is -2.48. The van der Waals surface area contributed by atoms with E-state index in [2.05, 4.69) is 10.3 Å². The Kier molecular flexibility index (Phi) is 4.65. The van der Waals surface area contributed by atoms with E-state index < -0.39 is 11.9 Å². The number of nitrogens with one attached hydrogen (secondary N) is 1. The number of carbonyl (C=O) groups is 2. The largest absolute Gasteiger partial charge is 0.397 e. The predicted molar refractivity (Wildman–Crippen MR) is 68.3 cm³/mol. The van der Waals surface area contributed by atoms with Crippen LogP contribution in [0.3, 0.4) is 0 Å². The van der Waals surface area contributed by atoms with Gasteiger partial charge in [-0.1, -0.05) is 13.8 Å². The fourth-order valence-corrected chi connectivity index (χ4v) is 1.50. The van der Waals surface area contributed by atoms with Crippen LogP contribution in [0.15, 0.2) is 18.3 Å². The number of pyridine rings is 1. The zero-order chi connectivity index (χ0) is 13.7. The SMILES string of the molecule is CC(C)C(NC(=O)Cc1ccc(N)cn1)C(N)=O. The van der Waals surface area contributed by atoms with Crippen LogP contribution < -0.4 is 16.8 Å². The molecule has 1 heterocycles. The molecule has 1 rings (SSSR count). The summed E-state index contributed by atoms with van der Waals surface area (Å²) in [6.07, 6.45) is 1.58. The van der Waals surface area contributed by atoms with Gasteiger partial charge in [-0.15, -0.1) is 0 Å². The van der Waals surface area contributed by atoms with Crippen molar-refractivity contribution in [1.29, 1.82) is 0 Å². The van der Waals surface area contributed by atoms with Gasteiger partial charge in [0.15, 0.2) is 0 Å². The van der Waals surface area contributed by atoms with Crippen LogP contribution in [0, 0.1) is 5.92 Å². The van der Waals surface area contributed by atoms with Crippen LogP contribution in [0.5, 0.6) is 0 Å². The van der Waals surface area contributed by atoms with Gasteiger partial charge in [-0.2, -0.15) is 0 Å². The molecule has 98 valence electrons. The third-order valence-corrected chi connectivity index (χ3v) is 2.48. The Bertz CT molecular complexity index is 428. The van der Waals surface area contributed by atoms with Crippen LogP contribution >= 0.6 is 0 Å². The second-order valence-electron chi connectivity index (χ2n) is 4.45. The molecule has 6 heteroatoms. The smallest absolute Gasteiger partial charge is 0.240 e. The Labute approximate surface area is 106 Å². The van der Waals surface area contributed by atoms with Gasteiger partial charge in [0.2, 0.25) is 11.8 Å². The van der Waals surface area contributed by atoms with E-state index in [0.717, 1.165) is 0 Å². The number of amides is 2. The molecule has 1 atom stereocenters. The van der Waals surface area contributed by atoms with Crippen molar-refractivity contribution in [3.8, 4) is 0 Å². The first-order valence-corrected chi connectivity index (χ1v) is 5.69. The van der Waals surface area contributed by atoms with Crippen LogP contribution in [0.1, 0.15) is 19.5 Å². The van der Waals surface area contributed by atoms with E-state index in [0.29, 0.717) is 11.4 Å². The number of hydrogen-bond donors (Lipinski definition) is 3. The number of primary amides is 1. The molecule has 0 aliphatic carbocycles. The third-order valence-electron chi connectivity index (χ3n) is 2.48. The fraction of sp³-hybridized carbons (Fsp3) is 0.417. The topological polar surface area (TPSA) is 111 Å². The Morgan fingerprint density at radius 1 is 1.39 bits per heavy atom. The van der Waals surface area contributed by atoms with Gasteiger partial charge < -0.3 is 16.8 Å². The quantitative estimate of drug-likeness (QED) is 0.673. The van der Waals surface area contributed by atoms with E-state index in [1.165, 1.54) is 6.20 Å². The molecule has 0 spiro atoms. The van der Waals surface area contributed by atoms with Gasteiger partial charge in [-0.25, -0.2) is 0 Å². The number of nitrogen functional groups attached to an aromatic ring is 1. The van der Waals surface area contributed by atoms with Crippen LogP contribution in [0.2, 0.25) is 0 Å². The zero-order valence-electron chi connectivity index (χ0n) is 10.5. The van der Waals surface area contributed by atoms with Gasteiger partial charge in [0.1, 0.15) is 6.04 Å². The Morgan fingerprint density at radius 2 is 2.06 bits per heavy atom. The molecule has 0 aliphatic heterocycles. The third kappa shape index (κ3) is 4.04.